The van der Waals surface area contributed by atoms with Gasteiger partial charge >= 0.3 is 5.97 Å². The largest absolute Gasteiger partial charge is 0.468 e. The molecule has 6 heteroatoms. The highest BCUT2D eigenvalue weighted by molar-refractivity contribution is 7.92. The molecule has 0 radical (unpaired) electrons. The zero-order valence-electron chi connectivity index (χ0n) is 11.0. The monoisotopic (exact) mass is 284 g/mol. The molecule has 1 aromatic carbocycles. The van der Waals surface area contributed by atoms with E-state index in [4.69, 9.17) is 10.5 Å². The number of aryl methyl sites for hydroxylation is 1. The van der Waals surface area contributed by atoms with E-state index in [0.29, 0.717) is 6.42 Å². The van der Waals surface area contributed by atoms with Crippen LogP contribution in [0.2, 0.25) is 0 Å². The summed E-state index contributed by atoms with van der Waals surface area (Å²) in [7, 11) is -1.44. The second kappa shape index (κ2) is 7.25. The predicted octanol–water partition coefficient (Wildman–Crippen LogP) is 1.17. The summed E-state index contributed by atoms with van der Waals surface area (Å²) in [6.07, 6.45) is 0.806. The summed E-state index contributed by atoms with van der Waals surface area (Å²) in [4.78, 5) is 11.1. The summed E-state index contributed by atoms with van der Waals surface area (Å²) in [5, 5.41) is 0. The molecule has 1 unspecified atom stereocenters. The fourth-order valence-electron chi connectivity index (χ4n) is 1.62. The lowest BCUT2D eigenvalue weighted by Crippen LogP contribution is -2.33. The molecule has 0 heterocycles. The molecule has 0 aliphatic rings. The first-order valence-electron chi connectivity index (χ1n) is 6.06. The molecule has 106 valence electrons. The van der Waals surface area contributed by atoms with Gasteiger partial charge in [0, 0.05) is 21.2 Å². The van der Waals surface area contributed by atoms with Gasteiger partial charge in [0.2, 0.25) is 0 Å². The topological polar surface area (TPSA) is 93.2 Å². The Hall–Kier alpha value is -1.40. The molecule has 0 aliphatic heterocycles. The van der Waals surface area contributed by atoms with Crippen molar-refractivity contribution in [3.8, 4) is 0 Å². The number of ether oxygens (including phenoxy) is 1. The first kappa shape index (κ1) is 15.7. The molecule has 5 nitrogen and oxygen atoms in total. The lowest BCUT2D eigenvalue weighted by Gasteiger charge is -2.11. The van der Waals surface area contributed by atoms with Crippen molar-refractivity contribution in [2.45, 2.75) is 18.9 Å². The van der Waals surface area contributed by atoms with E-state index in [1.807, 2.05) is 30.3 Å². The maximum atomic E-state index is 12.0. The van der Waals surface area contributed by atoms with Crippen LogP contribution in [0, 0.1) is 4.78 Å². The molecule has 0 spiro atoms. The Morgan fingerprint density at radius 2 is 2.00 bits per heavy atom. The minimum Gasteiger partial charge on any atom is -0.468 e. The van der Waals surface area contributed by atoms with Gasteiger partial charge in [-0.25, -0.2) is 4.21 Å². The maximum absolute atomic E-state index is 12.0. The van der Waals surface area contributed by atoms with Gasteiger partial charge in [-0.1, -0.05) is 30.3 Å². The van der Waals surface area contributed by atoms with Crippen LogP contribution < -0.4 is 5.73 Å². The molecule has 2 atom stereocenters. The van der Waals surface area contributed by atoms with Gasteiger partial charge in [-0.15, -0.1) is 0 Å². The third-order valence-electron chi connectivity index (χ3n) is 2.83. The number of benzene rings is 1. The first-order valence-corrected chi connectivity index (χ1v) is 7.96. The molecule has 1 rings (SSSR count). The molecule has 19 heavy (non-hydrogen) atoms. The van der Waals surface area contributed by atoms with Crippen molar-refractivity contribution in [3.63, 3.8) is 0 Å². The van der Waals surface area contributed by atoms with Crippen LogP contribution in [-0.4, -0.2) is 34.8 Å². The Balaban J connectivity index is 2.42. The van der Waals surface area contributed by atoms with Crippen molar-refractivity contribution < 1.29 is 13.7 Å². The fourth-order valence-corrected chi connectivity index (χ4v) is 3.02. The number of nitrogens with two attached hydrogens (primary N) is 1. The van der Waals surface area contributed by atoms with Gasteiger partial charge in [0.15, 0.2) is 0 Å². The molecular weight excluding hydrogens is 264 g/mol. The molecular formula is C13H20N2O3S. The highest BCUT2D eigenvalue weighted by Gasteiger charge is 2.16. The van der Waals surface area contributed by atoms with Gasteiger partial charge in [0.05, 0.1) is 7.11 Å². The van der Waals surface area contributed by atoms with Crippen LogP contribution in [0.15, 0.2) is 30.3 Å². The Labute approximate surface area is 114 Å². The van der Waals surface area contributed by atoms with Crippen molar-refractivity contribution in [1.29, 1.82) is 4.78 Å². The zero-order valence-corrected chi connectivity index (χ0v) is 11.8. The smallest absolute Gasteiger partial charge is 0.322 e. The molecule has 0 bridgehead atoms. The maximum Gasteiger partial charge on any atom is 0.322 e. The Morgan fingerprint density at radius 3 is 2.58 bits per heavy atom. The van der Waals surface area contributed by atoms with Crippen LogP contribution >= 0.6 is 0 Å². The number of hydrogen-bond acceptors (Lipinski definition) is 5. The summed E-state index contributed by atoms with van der Waals surface area (Å²) in [5.74, 6) is -0.126. The fraction of sp³-hybridized carbons (Fsp3) is 0.462. The number of hydrogen-bond donors (Lipinski definition) is 2. The molecule has 1 aromatic rings. The molecule has 0 saturated carbocycles. The minimum atomic E-state index is -2.70. The van der Waals surface area contributed by atoms with Gasteiger partial charge in [-0.05, 0) is 18.4 Å². The molecule has 0 amide bonds. The summed E-state index contributed by atoms with van der Waals surface area (Å²) in [5.41, 5.74) is 6.61. The Morgan fingerprint density at radius 1 is 1.37 bits per heavy atom. The van der Waals surface area contributed by atoms with Crippen molar-refractivity contribution in [2.75, 3.05) is 18.6 Å². The molecule has 3 N–H and O–H groups in total. The summed E-state index contributed by atoms with van der Waals surface area (Å²) >= 11 is 0. The standard InChI is InChI=1S/C13H20N2O3S/c1-18-13(16)12(14)8-10-19(15,17)9-7-11-5-3-2-4-6-11/h2-6,12,15H,7-10,14H2,1H3/t12-,19?/m0/s1. The lowest BCUT2D eigenvalue weighted by atomic mass is 10.2. The van der Waals surface area contributed by atoms with Crippen molar-refractivity contribution in [3.05, 3.63) is 35.9 Å². The predicted molar refractivity (Wildman–Crippen MR) is 75.4 cm³/mol. The highest BCUT2D eigenvalue weighted by atomic mass is 32.2. The van der Waals surface area contributed by atoms with Crippen LogP contribution in [0.5, 0.6) is 0 Å². The Bertz CT molecular complexity index is 500. The second-order valence-electron chi connectivity index (χ2n) is 4.37. The SMILES string of the molecule is COC(=O)[C@@H](N)CCS(=N)(=O)CCc1ccccc1. The van der Waals surface area contributed by atoms with Gasteiger partial charge < -0.3 is 10.5 Å². The average molecular weight is 284 g/mol. The van der Waals surface area contributed by atoms with Gasteiger partial charge in [0.1, 0.15) is 6.04 Å². The van der Waals surface area contributed by atoms with Crippen LogP contribution in [0.25, 0.3) is 0 Å². The number of methoxy groups -OCH3 is 1. The van der Waals surface area contributed by atoms with Crippen molar-refractivity contribution in [2.24, 2.45) is 5.73 Å². The van der Waals surface area contributed by atoms with E-state index >= 15 is 0 Å². The summed E-state index contributed by atoms with van der Waals surface area (Å²) < 4.78 is 24.3. The first-order chi connectivity index (χ1) is 8.94. The van der Waals surface area contributed by atoms with Gasteiger partial charge in [-0.2, -0.15) is 0 Å². The molecule has 0 aromatic heterocycles. The second-order valence-corrected chi connectivity index (χ2v) is 6.81. The van der Waals surface area contributed by atoms with Crippen LogP contribution in [0.3, 0.4) is 0 Å². The third kappa shape index (κ3) is 5.85. The van der Waals surface area contributed by atoms with E-state index in [0.717, 1.165) is 5.56 Å². The normalized spacial score (nSPS) is 15.5. The van der Waals surface area contributed by atoms with Crippen molar-refractivity contribution in [1.82, 2.24) is 0 Å². The van der Waals surface area contributed by atoms with E-state index in [1.54, 1.807) is 0 Å². The van der Waals surface area contributed by atoms with Crippen LogP contribution in [-0.2, 0) is 25.7 Å². The van der Waals surface area contributed by atoms with Crippen LogP contribution in [0.4, 0.5) is 0 Å². The highest BCUT2D eigenvalue weighted by Crippen LogP contribution is 2.05. The molecule has 0 fully saturated rings. The zero-order chi connectivity index (χ0) is 14.3. The van der Waals surface area contributed by atoms with E-state index < -0.39 is 21.7 Å². The number of rotatable bonds is 7. The third-order valence-corrected chi connectivity index (χ3v) is 4.58. The summed E-state index contributed by atoms with van der Waals surface area (Å²) in [6, 6.07) is 8.82. The van der Waals surface area contributed by atoms with E-state index in [2.05, 4.69) is 4.74 Å². The Kier molecular flexibility index (Phi) is 5.98. The molecule has 0 aliphatic carbocycles. The number of nitrogens with one attached hydrogen (secondary N) is 1. The van der Waals surface area contributed by atoms with Crippen LogP contribution in [0.1, 0.15) is 12.0 Å². The van der Waals surface area contributed by atoms with Gasteiger partial charge in [-0.3, -0.25) is 9.57 Å². The van der Waals surface area contributed by atoms with Gasteiger partial charge in [0.25, 0.3) is 0 Å². The van der Waals surface area contributed by atoms with E-state index in [-0.39, 0.29) is 17.9 Å². The summed E-state index contributed by atoms with van der Waals surface area (Å²) in [6.45, 7) is 0. The number of carbonyl (C=O) groups excluding carboxylic acids is 1. The number of esters is 1. The average Bonchev–Trinajstić information content (AvgIpc) is 2.43. The van der Waals surface area contributed by atoms with E-state index in [1.165, 1.54) is 7.11 Å². The number of carbonyl (C=O) groups is 1. The lowest BCUT2D eigenvalue weighted by molar-refractivity contribution is -0.142. The molecule has 0 saturated heterocycles. The van der Waals surface area contributed by atoms with E-state index in [9.17, 15) is 9.00 Å². The quantitative estimate of drug-likeness (QED) is 0.735. The minimum absolute atomic E-state index is 0.121. The van der Waals surface area contributed by atoms with Crippen molar-refractivity contribution >= 4 is 15.7 Å².